The molecule has 0 amide bonds. The molecule has 0 saturated carbocycles. The molecule has 1 fully saturated rings. The second kappa shape index (κ2) is 3.94. The van der Waals surface area contributed by atoms with Crippen molar-refractivity contribution >= 4 is 10.2 Å². The van der Waals surface area contributed by atoms with Crippen LogP contribution in [0.2, 0.25) is 0 Å². The molecule has 13 heavy (non-hydrogen) atoms. The Kier molecular flexibility index (Phi) is 3.32. The number of hydrogen-bond acceptors (Lipinski definition) is 2. The van der Waals surface area contributed by atoms with Crippen LogP contribution in [0.3, 0.4) is 0 Å². The van der Waals surface area contributed by atoms with E-state index in [0.717, 1.165) is 12.8 Å². The molecule has 0 spiro atoms. The molecule has 4 nitrogen and oxygen atoms in total. The zero-order valence-corrected chi connectivity index (χ0v) is 9.05. The molecule has 1 heterocycles. The number of nitrogens with zero attached hydrogens (tertiary/aromatic N) is 2. The van der Waals surface area contributed by atoms with Crippen molar-refractivity contribution in [3.05, 3.63) is 6.92 Å². The van der Waals surface area contributed by atoms with E-state index in [2.05, 4.69) is 6.92 Å². The predicted molar refractivity (Wildman–Crippen MR) is 52.3 cm³/mol. The van der Waals surface area contributed by atoms with Crippen LogP contribution in [0.25, 0.3) is 0 Å². The highest BCUT2D eigenvalue weighted by molar-refractivity contribution is 7.86. The molecule has 0 atom stereocenters. The average Bonchev–Trinajstić information content (AvgIpc) is 2.04. The number of rotatable bonds is 2. The van der Waals surface area contributed by atoms with E-state index in [1.165, 1.54) is 8.61 Å². The van der Waals surface area contributed by atoms with Crippen molar-refractivity contribution in [3.63, 3.8) is 0 Å². The predicted octanol–water partition coefficient (Wildman–Crippen LogP) is 0.339. The van der Waals surface area contributed by atoms with E-state index in [4.69, 9.17) is 0 Å². The van der Waals surface area contributed by atoms with E-state index < -0.39 is 10.2 Å². The van der Waals surface area contributed by atoms with Gasteiger partial charge in [-0.1, -0.05) is 6.92 Å². The van der Waals surface area contributed by atoms with Crippen LogP contribution in [0.5, 0.6) is 0 Å². The van der Waals surface area contributed by atoms with E-state index in [0.29, 0.717) is 19.0 Å². The van der Waals surface area contributed by atoms with Gasteiger partial charge in [0.05, 0.1) is 0 Å². The number of hydrogen-bond donors (Lipinski definition) is 0. The molecule has 1 saturated heterocycles. The van der Waals surface area contributed by atoms with Gasteiger partial charge in [-0.25, -0.2) is 0 Å². The second-order valence-electron chi connectivity index (χ2n) is 3.63. The van der Waals surface area contributed by atoms with Crippen molar-refractivity contribution in [2.75, 3.05) is 27.2 Å². The van der Waals surface area contributed by atoms with Gasteiger partial charge < -0.3 is 0 Å². The lowest BCUT2D eigenvalue weighted by Gasteiger charge is -2.31. The Labute approximate surface area is 80.7 Å². The number of piperidine rings is 1. The summed E-state index contributed by atoms with van der Waals surface area (Å²) < 4.78 is 26.0. The first-order valence-electron chi connectivity index (χ1n) is 4.45. The van der Waals surface area contributed by atoms with Crippen molar-refractivity contribution < 1.29 is 8.42 Å². The summed E-state index contributed by atoms with van der Waals surface area (Å²) in [6.07, 6.45) is 1.74. The maximum Gasteiger partial charge on any atom is 0.281 e. The summed E-state index contributed by atoms with van der Waals surface area (Å²) in [7, 11) is -0.0622. The highest BCUT2D eigenvalue weighted by Crippen LogP contribution is 2.18. The zero-order chi connectivity index (χ0) is 10.1. The molecular formula is C8H17N2O2S. The Balaban J connectivity index is 2.64. The van der Waals surface area contributed by atoms with E-state index in [9.17, 15) is 8.42 Å². The quantitative estimate of drug-likeness (QED) is 0.652. The summed E-state index contributed by atoms with van der Waals surface area (Å²) in [5.41, 5.74) is 0. The fraction of sp³-hybridized carbons (Fsp3) is 0.875. The molecule has 0 aliphatic carbocycles. The summed E-state index contributed by atoms with van der Waals surface area (Å²) in [4.78, 5) is 0. The first-order valence-corrected chi connectivity index (χ1v) is 5.85. The van der Waals surface area contributed by atoms with Crippen molar-refractivity contribution in [1.82, 2.24) is 8.61 Å². The molecule has 0 aromatic heterocycles. The lowest BCUT2D eigenvalue weighted by molar-refractivity contribution is 0.289. The van der Waals surface area contributed by atoms with Crippen molar-refractivity contribution in [1.29, 1.82) is 0 Å². The summed E-state index contributed by atoms with van der Waals surface area (Å²) in [6.45, 7) is 5.14. The third-order valence-electron chi connectivity index (χ3n) is 2.36. The SMILES string of the molecule is [CH2]C1CCN(S(=O)(=O)N(C)C)CC1. The average molecular weight is 205 g/mol. The van der Waals surface area contributed by atoms with E-state index in [1.807, 2.05) is 0 Å². The second-order valence-corrected chi connectivity index (χ2v) is 5.77. The molecule has 0 bridgehead atoms. The lowest BCUT2D eigenvalue weighted by Crippen LogP contribution is -2.44. The normalized spacial score (nSPS) is 22.5. The van der Waals surface area contributed by atoms with Gasteiger partial charge in [-0.3, -0.25) is 0 Å². The van der Waals surface area contributed by atoms with Gasteiger partial charge in [-0.15, -0.1) is 0 Å². The van der Waals surface area contributed by atoms with Crippen LogP contribution in [0.1, 0.15) is 12.8 Å². The van der Waals surface area contributed by atoms with Crippen LogP contribution >= 0.6 is 0 Å². The minimum Gasteiger partial charge on any atom is -0.195 e. The van der Waals surface area contributed by atoms with Crippen molar-refractivity contribution in [2.45, 2.75) is 12.8 Å². The minimum absolute atomic E-state index is 0.411. The Morgan fingerprint density at radius 3 is 2.15 bits per heavy atom. The van der Waals surface area contributed by atoms with Gasteiger partial charge in [0.15, 0.2) is 0 Å². The van der Waals surface area contributed by atoms with Crippen LogP contribution < -0.4 is 0 Å². The monoisotopic (exact) mass is 205 g/mol. The third-order valence-corrected chi connectivity index (χ3v) is 4.30. The highest BCUT2D eigenvalue weighted by atomic mass is 32.2. The molecule has 77 valence electrons. The molecule has 1 radical (unpaired) electrons. The Hall–Kier alpha value is -0.130. The van der Waals surface area contributed by atoms with Crippen LogP contribution in [-0.2, 0) is 10.2 Å². The topological polar surface area (TPSA) is 40.6 Å². The Morgan fingerprint density at radius 1 is 1.31 bits per heavy atom. The molecular weight excluding hydrogens is 188 g/mol. The van der Waals surface area contributed by atoms with Gasteiger partial charge in [0, 0.05) is 27.2 Å². The maximum atomic E-state index is 11.6. The first kappa shape index (κ1) is 10.9. The zero-order valence-electron chi connectivity index (χ0n) is 8.23. The van der Waals surface area contributed by atoms with Gasteiger partial charge in [0.2, 0.25) is 0 Å². The highest BCUT2D eigenvalue weighted by Gasteiger charge is 2.27. The fourth-order valence-electron chi connectivity index (χ4n) is 1.37. The first-order chi connectivity index (χ1) is 5.94. The smallest absolute Gasteiger partial charge is 0.195 e. The van der Waals surface area contributed by atoms with E-state index in [1.54, 1.807) is 14.1 Å². The van der Waals surface area contributed by atoms with Crippen LogP contribution in [0.4, 0.5) is 0 Å². The minimum atomic E-state index is -3.18. The Morgan fingerprint density at radius 2 is 1.77 bits per heavy atom. The summed E-state index contributed by atoms with van der Waals surface area (Å²) in [5, 5.41) is 0. The van der Waals surface area contributed by atoms with Gasteiger partial charge >= 0.3 is 0 Å². The van der Waals surface area contributed by atoms with Crippen LogP contribution in [0, 0.1) is 12.8 Å². The van der Waals surface area contributed by atoms with Crippen molar-refractivity contribution in [2.24, 2.45) is 5.92 Å². The molecule has 0 aromatic rings. The Bertz CT molecular complexity index is 253. The fourth-order valence-corrected chi connectivity index (χ4v) is 2.51. The van der Waals surface area contributed by atoms with Gasteiger partial charge in [0.25, 0.3) is 10.2 Å². The lowest BCUT2D eigenvalue weighted by atomic mass is 10.0. The van der Waals surface area contributed by atoms with E-state index in [-0.39, 0.29) is 0 Å². The van der Waals surface area contributed by atoms with Crippen molar-refractivity contribution in [3.8, 4) is 0 Å². The standard InChI is InChI=1S/C8H17N2O2S/c1-8-4-6-10(7-5-8)13(11,12)9(2)3/h8H,1,4-7H2,2-3H3. The molecule has 0 N–H and O–H groups in total. The van der Waals surface area contributed by atoms with Gasteiger partial charge in [-0.05, 0) is 18.8 Å². The molecule has 1 rings (SSSR count). The van der Waals surface area contributed by atoms with Crippen LogP contribution in [-0.4, -0.2) is 44.2 Å². The van der Waals surface area contributed by atoms with Gasteiger partial charge in [0.1, 0.15) is 0 Å². The largest absolute Gasteiger partial charge is 0.281 e. The summed E-state index contributed by atoms with van der Waals surface area (Å²) in [5.74, 6) is 0.411. The van der Waals surface area contributed by atoms with Gasteiger partial charge in [-0.2, -0.15) is 17.0 Å². The molecule has 1 aliphatic rings. The summed E-state index contributed by atoms with van der Waals surface area (Å²) in [6, 6.07) is 0. The molecule has 5 heteroatoms. The molecule has 0 aromatic carbocycles. The molecule has 0 unspecified atom stereocenters. The summed E-state index contributed by atoms with van der Waals surface area (Å²) >= 11 is 0. The van der Waals surface area contributed by atoms with E-state index >= 15 is 0 Å². The molecule has 1 aliphatic heterocycles. The maximum absolute atomic E-state index is 11.6. The van der Waals surface area contributed by atoms with Crippen LogP contribution in [0.15, 0.2) is 0 Å². The third kappa shape index (κ3) is 2.42.